The molecule has 0 unspecified atom stereocenters. The van der Waals surface area contributed by atoms with Gasteiger partial charge in [-0.25, -0.2) is 0 Å². The lowest BCUT2D eigenvalue weighted by molar-refractivity contribution is -0.126. The molecule has 0 bridgehead atoms. The first-order valence-corrected chi connectivity index (χ1v) is 8.73. The minimum atomic E-state index is -0.506. The van der Waals surface area contributed by atoms with Gasteiger partial charge in [0.2, 0.25) is 18.6 Å². The molecular weight excluding hydrogens is 332 g/mol. The molecule has 0 fully saturated rings. The number of benzene rings is 2. The predicted molar refractivity (Wildman–Crippen MR) is 96.1 cm³/mol. The summed E-state index contributed by atoms with van der Waals surface area (Å²) in [7, 11) is 0. The predicted octanol–water partition coefficient (Wildman–Crippen LogP) is 2.40. The summed E-state index contributed by atoms with van der Waals surface area (Å²) in [6.07, 6.45) is 0.898. The first kappa shape index (κ1) is 16.4. The van der Waals surface area contributed by atoms with Crippen LogP contribution in [0.4, 0.5) is 5.69 Å². The number of hydrogen-bond donors (Lipinski definition) is 1. The van der Waals surface area contributed by atoms with E-state index in [1.807, 2.05) is 49.4 Å². The molecular formula is C20H20N2O4. The summed E-state index contributed by atoms with van der Waals surface area (Å²) in [4.78, 5) is 26.8. The number of nitrogens with zero attached hydrogens (tertiary/aromatic N) is 1. The number of hydrogen-bond acceptors (Lipinski definition) is 4. The van der Waals surface area contributed by atoms with E-state index in [0.717, 1.165) is 16.8 Å². The molecule has 0 spiro atoms. The number of para-hydroxylation sites is 1. The zero-order valence-corrected chi connectivity index (χ0v) is 14.5. The number of anilines is 1. The van der Waals surface area contributed by atoms with Crippen LogP contribution in [0.3, 0.4) is 0 Å². The molecule has 0 saturated heterocycles. The average Bonchev–Trinajstić information content (AvgIpc) is 3.29. The summed E-state index contributed by atoms with van der Waals surface area (Å²) in [6.45, 7) is 2.40. The van der Waals surface area contributed by atoms with E-state index in [2.05, 4.69) is 5.32 Å². The van der Waals surface area contributed by atoms with Gasteiger partial charge in [0, 0.05) is 25.1 Å². The second-order valence-corrected chi connectivity index (χ2v) is 6.37. The normalized spacial score (nSPS) is 17.1. The van der Waals surface area contributed by atoms with E-state index in [0.29, 0.717) is 30.9 Å². The Morgan fingerprint density at radius 1 is 1.15 bits per heavy atom. The number of carbonyl (C=O) groups excluding carboxylic acids is 2. The molecule has 0 aromatic heterocycles. The lowest BCUT2D eigenvalue weighted by atomic mass is 10.1. The van der Waals surface area contributed by atoms with Gasteiger partial charge in [0.1, 0.15) is 6.04 Å². The van der Waals surface area contributed by atoms with Crippen LogP contribution >= 0.6 is 0 Å². The number of rotatable bonds is 4. The van der Waals surface area contributed by atoms with Crippen LogP contribution in [0.2, 0.25) is 0 Å². The van der Waals surface area contributed by atoms with Crippen molar-refractivity contribution in [3.8, 4) is 11.5 Å². The van der Waals surface area contributed by atoms with Crippen LogP contribution in [0.25, 0.3) is 0 Å². The van der Waals surface area contributed by atoms with E-state index in [1.54, 1.807) is 4.90 Å². The largest absolute Gasteiger partial charge is 0.454 e. The second-order valence-electron chi connectivity index (χ2n) is 6.37. The molecule has 26 heavy (non-hydrogen) atoms. The van der Waals surface area contributed by atoms with Crippen molar-refractivity contribution in [1.82, 2.24) is 5.32 Å². The summed E-state index contributed by atoms with van der Waals surface area (Å²) >= 11 is 0. The van der Waals surface area contributed by atoms with Crippen LogP contribution in [0.5, 0.6) is 11.5 Å². The molecule has 1 atom stereocenters. The maximum Gasteiger partial charge on any atom is 0.243 e. The Morgan fingerprint density at radius 3 is 2.81 bits per heavy atom. The van der Waals surface area contributed by atoms with E-state index in [-0.39, 0.29) is 18.6 Å². The molecule has 0 saturated carbocycles. The van der Waals surface area contributed by atoms with E-state index in [9.17, 15) is 9.59 Å². The van der Waals surface area contributed by atoms with Gasteiger partial charge in [-0.15, -0.1) is 0 Å². The van der Waals surface area contributed by atoms with Gasteiger partial charge in [-0.1, -0.05) is 31.2 Å². The molecule has 0 radical (unpaired) electrons. The van der Waals surface area contributed by atoms with Crippen molar-refractivity contribution in [3.63, 3.8) is 0 Å². The average molecular weight is 352 g/mol. The molecule has 6 heteroatoms. The first-order chi connectivity index (χ1) is 12.7. The first-order valence-electron chi connectivity index (χ1n) is 8.73. The van der Waals surface area contributed by atoms with Crippen molar-refractivity contribution in [2.45, 2.75) is 32.4 Å². The molecule has 2 aromatic carbocycles. The van der Waals surface area contributed by atoms with Gasteiger partial charge < -0.3 is 14.8 Å². The van der Waals surface area contributed by atoms with Gasteiger partial charge in [0.25, 0.3) is 0 Å². The third-order valence-electron chi connectivity index (χ3n) is 4.75. The lowest BCUT2D eigenvalue weighted by Gasteiger charge is -2.24. The van der Waals surface area contributed by atoms with E-state index >= 15 is 0 Å². The molecule has 6 nitrogen and oxygen atoms in total. The molecule has 1 N–H and O–H groups in total. The van der Waals surface area contributed by atoms with Gasteiger partial charge in [0.05, 0.1) is 0 Å². The van der Waals surface area contributed by atoms with Gasteiger partial charge in [-0.3, -0.25) is 14.5 Å². The van der Waals surface area contributed by atoms with Crippen LogP contribution in [0.1, 0.15) is 24.5 Å². The van der Waals surface area contributed by atoms with Gasteiger partial charge in [0.15, 0.2) is 11.5 Å². The van der Waals surface area contributed by atoms with E-state index in [4.69, 9.17) is 9.47 Å². The third-order valence-corrected chi connectivity index (χ3v) is 4.75. The number of carbonyl (C=O) groups is 2. The Kier molecular flexibility index (Phi) is 4.24. The van der Waals surface area contributed by atoms with Crippen molar-refractivity contribution in [3.05, 3.63) is 53.6 Å². The van der Waals surface area contributed by atoms with Crippen LogP contribution < -0.4 is 19.7 Å². The second kappa shape index (κ2) is 6.71. The van der Waals surface area contributed by atoms with Gasteiger partial charge in [-0.05, 0) is 29.3 Å². The highest BCUT2D eigenvalue weighted by molar-refractivity contribution is 6.03. The fourth-order valence-electron chi connectivity index (χ4n) is 3.43. The molecule has 4 rings (SSSR count). The summed E-state index contributed by atoms with van der Waals surface area (Å²) < 4.78 is 10.7. The minimum absolute atomic E-state index is 0.0434. The van der Waals surface area contributed by atoms with Crippen LogP contribution in [0.15, 0.2) is 42.5 Å². The molecule has 134 valence electrons. The van der Waals surface area contributed by atoms with Crippen molar-refractivity contribution >= 4 is 17.5 Å². The monoisotopic (exact) mass is 352 g/mol. The van der Waals surface area contributed by atoms with Gasteiger partial charge in [-0.2, -0.15) is 0 Å². The van der Waals surface area contributed by atoms with Crippen LogP contribution in [0, 0.1) is 0 Å². The Hall–Kier alpha value is -3.02. The minimum Gasteiger partial charge on any atom is -0.454 e. The summed E-state index contributed by atoms with van der Waals surface area (Å²) in [6, 6.07) is 12.8. The molecule has 2 aliphatic rings. The zero-order valence-electron chi connectivity index (χ0n) is 14.5. The quantitative estimate of drug-likeness (QED) is 0.917. The zero-order chi connectivity index (χ0) is 18.1. The summed E-state index contributed by atoms with van der Waals surface area (Å²) in [5.74, 6) is 1.21. The fraction of sp³-hybridized carbons (Fsp3) is 0.300. The maximum absolute atomic E-state index is 12.8. The topological polar surface area (TPSA) is 67.9 Å². The lowest BCUT2D eigenvalue weighted by Crippen LogP contribution is -2.47. The summed E-state index contributed by atoms with van der Waals surface area (Å²) in [5.41, 5.74) is 2.78. The van der Waals surface area contributed by atoms with Crippen LogP contribution in [-0.2, 0) is 22.6 Å². The standard InChI is InChI=1S/C20H20N2O4/c1-2-19(23)22-15-6-4-3-5-14(15)10-16(22)20(24)21-11-13-7-8-17-18(9-13)26-12-25-17/h3-9,16H,2,10-12H2,1H3,(H,21,24)/t16-/m0/s1. The smallest absolute Gasteiger partial charge is 0.243 e. The van der Waals surface area contributed by atoms with E-state index in [1.165, 1.54) is 0 Å². The Morgan fingerprint density at radius 2 is 1.96 bits per heavy atom. The Bertz CT molecular complexity index is 865. The number of nitrogens with one attached hydrogen (secondary N) is 1. The highest BCUT2D eigenvalue weighted by Crippen LogP contribution is 2.34. The van der Waals surface area contributed by atoms with Crippen molar-refractivity contribution in [2.75, 3.05) is 11.7 Å². The fourth-order valence-corrected chi connectivity index (χ4v) is 3.43. The Labute approximate surface area is 151 Å². The Balaban J connectivity index is 1.48. The van der Waals surface area contributed by atoms with Gasteiger partial charge >= 0.3 is 0 Å². The molecule has 0 aliphatic carbocycles. The highest BCUT2D eigenvalue weighted by Gasteiger charge is 2.37. The van der Waals surface area contributed by atoms with Crippen LogP contribution in [-0.4, -0.2) is 24.6 Å². The molecule has 2 aromatic rings. The molecule has 2 heterocycles. The number of fused-ring (bicyclic) bond motifs is 2. The number of ether oxygens (including phenoxy) is 2. The SMILES string of the molecule is CCC(=O)N1c2ccccc2C[C@H]1C(=O)NCc1ccc2c(c1)OCO2. The molecule has 2 aliphatic heterocycles. The maximum atomic E-state index is 12.8. The number of amides is 2. The van der Waals surface area contributed by atoms with Crippen molar-refractivity contribution < 1.29 is 19.1 Å². The van der Waals surface area contributed by atoms with E-state index < -0.39 is 6.04 Å². The van der Waals surface area contributed by atoms with Crippen molar-refractivity contribution in [1.29, 1.82) is 0 Å². The summed E-state index contributed by atoms with van der Waals surface area (Å²) in [5, 5.41) is 2.95. The van der Waals surface area contributed by atoms with Crippen molar-refractivity contribution in [2.24, 2.45) is 0 Å². The molecule has 2 amide bonds. The third kappa shape index (κ3) is 2.87. The highest BCUT2D eigenvalue weighted by atomic mass is 16.7.